The predicted octanol–water partition coefficient (Wildman–Crippen LogP) is 5.02. The number of anilines is 1. The van der Waals surface area contributed by atoms with Crippen molar-refractivity contribution in [2.45, 2.75) is 23.5 Å². The molecule has 24 heavy (non-hydrogen) atoms. The number of carbonyl (C=O) groups excluding carboxylic acids is 1. The fourth-order valence-electron chi connectivity index (χ4n) is 2.88. The van der Waals surface area contributed by atoms with Crippen LogP contribution in [0.5, 0.6) is 0 Å². The lowest BCUT2D eigenvalue weighted by Gasteiger charge is -2.20. The van der Waals surface area contributed by atoms with E-state index in [1.807, 2.05) is 37.3 Å². The summed E-state index contributed by atoms with van der Waals surface area (Å²) in [6, 6.07) is 13.9. The van der Waals surface area contributed by atoms with Gasteiger partial charge in [-0.25, -0.2) is 4.98 Å². The van der Waals surface area contributed by atoms with Crippen LogP contribution in [-0.4, -0.2) is 22.7 Å². The Kier molecular flexibility index (Phi) is 4.24. The van der Waals surface area contributed by atoms with Crippen molar-refractivity contribution in [2.24, 2.45) is 0 Å². The summed E-state index contributed by atoms with van der Waals surface area (Å²) in [4.78, 5) is 20.7. The number of carbonyl (C=O) groups is 1. The van der Waals surface area contributed by atoms with Gasteiger partial charge in [0.2, 0.25) is 5.91 Å². The summed E-state index contributed by atoms with van der Waals surface area (Å²) >= 11 is 9.23. The number of hydrogen-bond acceptors (Lipinski definition) is 4. The molecule has 0 spiro atoms. The molecule has 0 fully saturated rings. The van der Waals surface area contributed by atoms with Gasteiger partial charge in [0.05, 0.1) is 15.5 Å². The Balaban J connectivity index is 1.62. The molecular weight excluding hydrogens is 360 g/mol. The number of fused-ring (bicyclic) bond motifs is 2. The summed E-state index contributed by atoms with van der Waals surface area (Å²) in [6.45, 7) is 2.60. The fourth-order valence-corrected chi connectivity index (χ4v) is 5.32. The molecule has 0 bridgehead atoms. The molecule has 0 saturated carbocycles. The van der Waals surface area contributed by atoms with Crippen LogP contribution in [0.3, 0.4) is 0 Å². The van der Waals surface area contributed by atoms with Crippen molar-refractivity contribution in [1.29, 1.82) is 0 Å². The van der Waals surface area contributed by atoms with E-state index in [9.17, 15) is 4.79 Å². The lowest BCUT2D eigenvalue weighted by molar-refractivity contribution is -0.118. The average molecular weight is 375 g/mol. The zero-order chi connectivity index (χ0) is 16.7. The lowest BCUT2D eigenvalue weighted by atomic mass is 10.1. The van der Waals surface area contributed by atoms with Crippen LogP contribution >= 0.6 is 34.7 Å². The van der Waals surface area contributed by atoms with Crippen LogP contribution in [0, 0.1) is 0 Å². The molecule has 1 aliphatic heterocycles. The Hall–Kier alpha value is -1.56. The van der Waals surface area contributed by atoms with E-state index in [0.29, 0.717) is 11.6 Å². The molecule has 3 nitrogen and oxygen atoms in total. The van der Waals surface area contributed by atoms with Crippen molar-refractivity contribution in [3.63, 3.8) is 0 Å². The number of halogens is 1. The smallest absolute Gasteiger partial charge is 0.242 e. The summed E-state index contributed by atoms with van der Waals surface area (Å²) in [6.07, 6.45) is 0.785. The predicted molar refractivity (Wildman–Crippen MR) is 102 cm³/mol. The highest BCUT2D eigenvalue weighted by Gasteiger charge is 2.32. The second-order valence-electron chi connectivity index (χ2n) is 5.61. The summed E-state index contributed by atoms with van der Waals surface area (Å²) in [5.74, 6) is 0.129. The Bertz CT molecular complexity index is 899. The van der Waals surface area contributed by atoms with E-state index in [2.05, 4.69) is 17.1 Å². The van der Waals surface area contributed by atoms with Gasteiger partial charge in [0, 0.05) is 16.5 Å². The third-order valence-corrected chi connectivity index (χ3v) is 6.67. The number of benzene rings is 2. The summed E-state index contributed by atoms with van der Waals surface area (Å²) in [5.41, 5.74) is 2.10. The quantitative estimate of drug-likeness (QED) is 0.645. The molecule has 0 radical (unpaired) electrons. The van der Waals surface area contributed by atoms with Gasteiger partial charge in [0.25, 0.3) is 0 Å². The molecule has 0 N–H and O–H groups in total. The van der Waals surface area contributed by atoms with Gasteiger partial charge in [-0.1, -0.05) is 41.1 Å². The highest BCUT2D eigenvalue weighted by molar-refractivity contribution is 8.01. The van der Waals surface area contributed by atoms with Crippen LogP contribution < -0.4 is 4.90 Å². The topological polar surface area (TPSA) is 33.2 Å². The standard InChI is InChI=1S/C18H15ClN2OS2/c1-2-21(18-20-13-10-12(19)7-8-15(13)24-18)17(22)16-9-11-5-3-4-6-14(11)23-16/h3-8,10,16H,2,9H2,1H3. The van der Waals surface area contributed by atoms with E-state index in [1.165, 1.54) is 21.8 Å². The molecule has 3 aromatic rings. The first-order chi connectivity index (χ1) is 11.7. The van der Waals surface area contributed by atoms with Gasteiger partial charge in [-0.05, 0) is 43.2 Å². The van der Waals surface area contributed by atoms with Crippen LogP contribution in [0.15, 0.2) is 47.4 Å². The largest absolute Gasteiger partial charge is 0.287 e. The van der Waals surface area contributed by atoms with E-state index in [1.54, 1.807) is 16.7 Å². The zero-order valence-electron chi connectivity index (χ0n) is 13.0. The molecule has 1 unspecified atom stereocenters. The maximum Gasteiger partial charge on any atom is 0.242 e. The van der Waals surface area contributed by atoms with Gasteiger partial charge in [0.15, 0.2) is 5.13 Å². The van der Waals surface area contributed by atoms with Crippen molar-refractivity contribution in [1.82, 2.24) is 4.98 Å². The number of thiazole rings is 1. The number of amides is 1. The molecule has 1 aromatic heterocycles. The minimum Gasteiger partial charge on any atom is -0.287 e. The van der Waals surface area contributed by atoms with Crippen LogP contribution in [0.2, 0.25) is 5.02 Å². The van der Waals surface area contributed by atoms with Crippen molar-refractivity contribution in [3.8, 4) is 0 Å². The minimum atomic E-state index is -0.0713. The number of rotatable bonds is 3. The molecule has 0 saturated heterocycles. The van der Waals surface area contributed by atoms with Crippen molar-refractivity contribution in [2.75, 3.05) is 11.4 Å². The zero-order valence-corrected chi connectivity index (χ0v) is 15.4. The van der Waals surface area contributed by atoms with E-state index < -0.39 is 0 Å². The van der Waals surface area contributed by atoms with Gasteiger partial charge in [-0.15, -0.1) is 11.8 Å². The molecule has 0 aliphatic carbocycles. The highest BCUT2D eigenvalue weighted by atomic mass is 35.5. The molecule has 1 aliphatic rings. The highest BCUT2D eigenvalue weighted by Crippen LogP contribution is 2.39. The number of aromatic nitrogens is 1. The first-order valence-corrected chi connectivity index (χ1v) is 9.85. The summed E-state index contributed by atoms with van der Waals surface area (Å²) in [7, 11) is 0. The lowest BCUT2D eigenvalue weighted by Crippen LogP contribution is -2.37. The van der Waals surface area contributed by atoms with Crippen LogP contribution in [0.4, 0.5) is 5.13 Å². The van der Waals surface area contributed by atoms with Gasteiger partial charge < -0.3 is 0 Å². The third kappa shape index (κ3) is 2.81. The molecule has 1 atom stereocenters. The average Bonchev–Trinajstić information content (AvgIpc) is 3.18. The van der Waals surface area contributed by atoms with Gasteiger partial charge in [-0.2, -0.15) is 0 Å². The Labute approximate surface area is 153 Å². The Morgan fingerprint density at radius 3 is 2.96 bits per heavy atom. The monoisotopic (exact) mass is 374 g/mol. The van der Waals surface area contributed by atoms with Crippen molar-refractivity contribution >= 4 is 56.0 Å². The maximum atomic E-state index is 13.0. The van der Waals surface area contributed by atoms with Crippen LogP contribution in [-0.2, 0) is 11.2 Å². The number of nitrogens with zero attached hydrogens (tertiary/aromatic N) is 2. The molecule has 1 amide bonds. The molecule has 4 rings (SSSR count). The van der Waals surface area contributed by atoms with E-state index in [-0.39, 0.29) is 11.2 Å². The molecular formula is C18H15ClN2OS2. The minimum absolute atomic E-state index is 0.0713. The van der Waals surface area contributed by atoms with Crippen LogP contribution in [0.25, 0.3) is 10.2 Å². The van der Waals surface area contributed by atoms with Crippen molar-refractivity contribution < 1.29 is 4.79 Å². The molecule has 2 heterocycles. The van der Waals surface area contributed by atoms with E-state index in [4.69, 9.17) is 11.6 Å². The third-order valence-electron chi connectivity index (χ3n) is 4.07. The van der Waals surface area contributed by atoms with Gasteiger partial charge in [0.1, 0.15) is 0 Å². The molecule has 2 aromatic carbocycles. The van der Waals surface area contributed by atoms with Gasteiger partial charge >= 0.3 is 0 Å². The first kappa shape index (κ1) is 15.9. The first-order valence-electron chi connectivity index (χ1n) is 7.77. The second kappa shape index (κ2) is 6.39. The second-order valence-corrected chi connectivity index (χ2v) is 8.30. The van der Waals surface area contributed by atoms with Gasteiger partial charge in [-0.3, -0.25) is 9.69 Å². The van der Waals surface area contributed by atoms with Crippen LogP contribution in [0.1, 0.15) is 12.5 Å². The number of thioether (sulfide) groups is 1. The van der Waals surface area contributed by atoms with E-state index in [0.717, 1.165) is 21.8 Å². The molecule has 6 heteroatoms. The Morgan fingerprint density at radius 1 is 1.33 bits per heavy atom. The molecule has 122 valence electrons. The Morgan fingerprint density at radius 2 is 2.17 bits per heavy atom. The SMILES string of the molecule is CCN(C(=O)C1Cc2ccccc2S1)c1nc2cc(Cl)ccc2s1. The maximum absolute atomic E-state index is 13.0. The summed E-state index contributed by atoms with van der Waals surface area (Å²) in [5, 5.41) is 1.34. The van der Waals surface area contributed by atoms with E-state index >= 15 is 0 Å². The number of hydrogen-bond donors (Lipinski definition) is 0. The normalized spacial score (nSPS) is 16.3. The van der Waals surface area contributed by atoms with Crippen molar-refractivity contribution in [3.05, 3.63) is 53.1 Å². The summed E-state index contributed by atoms with van der Waals surface area (Å²) < 4.78 is 1.04. The fraction of sp³-hybridized carbons (Fsp3) is 0.222.